The third-order valence-electron chi connectivity index (χ3n) is 2.80. The Hall–Kier alpha value is -1.73. The molecule has 0 aromatic carbocycles. The van der Waals surface area contributed by atoms with Crippen LogP contribution in [0.1, 0.15) is 17.5 Å². The van der Waals surface area contributed by atoms with Crippen LogP contribution in [0.5, 0.6) is 0 Å². The van der Waals surface area contributed by atoms with Crippen LogP contribution in [0, 0.1) is 11.3 Å². The van der Waals surface area contributed by atoms with Crippen molar-refractivity contribution in [3.8, 4) is 16.6 Å². The molecule has 10 heteroatoms. The van der Waals surface area contributed by atoms with Gasteiger partial charge in [0.1, 0.15) is 11.1 Å². The van der Waals surface area contributed by atoms with E-state index < -0.39 is 35.7 Å². The second-order valence-corrected chi connectivity index (χ2v) is 6.57. The Morgan fingerprint density at radius 1 is 1.21 bits per heavy atom. The van der Waals surface area contributed by atoms with Crippen molar-refractivity contribution in [1.82, 2.24) is 4.98 Å². The van der Waals surface area contributed by atoms with Crippen molar-refractivity contribution in [2.24, 2.45) is 0 Å². The van der Waals surface area contributed by atoms with Gasteiger partial charge in [0.2, 0.25) is 0 Å². The first-order valence-corrected chi connectivity index (χ1v) is 8.24. The summed E-state index contributed by atoms with van der Waals surface area (Å²) >= 11 is 1.63. The molecule has 0 spiro atoms. The van der Waals surface area contributed by atoms with E-state index in [0.29, 0.717) is 16.6 Å². The van der Waals surface area contributed by atoms with Crippen molar-refractivity contribution in [2.45, 2.75) is 23.8 Å². The lowest BCUT2D eigenvalue weighted by Crippen LogP contribution is -2.11. The minimum atomic E-state index is -4.81. The van der Waals surface area contributed by atoms with E-state index in [1.807, 2.05) is 0 Å². The Balaban J connectivity index is 2.47. The van der Waals surface area contributed by atoms with Gasteiger partial charge in [0.05, 0.1) is 28.1 Å². The summed E-state index contributed by atoms with van der Waals surface area (Å²) < 4.78 is 76.3. The molecule has 24 heavy (non-hydrogen) atoms. The van der Waals surface area contributed by atoms with Gasteiger partial charge in [-0.05, 0) is 17.5 Å². The van der Waals surface area contributed by atoms with Gasteiger partial charge in [-0.15, -0.1) is 23.1 Å². The molecule has 2 heterocycles. The molecule has 0 atom stereocenters. The number of hydrogen-bond donors (Lipinski definition) is 0. The molecule has 0 fully saturated rings. The van der Waals surface area contributed by atoms with Crippen LogP contribution in [0.25, 0.3) is 10.6 Å². The maximum Gasteiger partial charge on any atom is 0.417 e. The van der Waals surface area contributed by atoms with Gasteiger partial charge in [-0.25, -0.2) is 4.98 Å². The zero-order valence-corrected chi connectivity index (χ0v) is 13.3. The number of rotatable bonds is 4. The van der Waals surface area contributed by atoms with Gasteiger partial charge in [0.15, 0.2) is 0 Å². The highest BCUT2D eigenvalue weighted by Crippen LogP contribution is 2.39. The summed E-state index contributed by atoms with van der Waals surface area (Å²) in [5, 5.41) is 10.3. The molecule has 2 nitrogen and oxygen atoms in total. The van der Waals surface area contributed by atoms with Gasteiger partial charge in [0, 0.05) is 5.75 Å². The van der Waals surface area contributed by atoms with E-state index in [-0.39, 0.29) is 10.7 Å². The zero-order chi connectivity index (χ0) is 18.0. The molecule has 0 aliphatic heterocycles. The Morgan fingerprint density at radius 2 is 1.92 bits per heavy atom. The van der Waals surface area contributed by atoms with Gasteiger partial charge >= 0.3 is 12.4 Å². The average Bonchev–Trinajstić information content (AvgIpc) is 2.98. The molecule has 0 aliphatic rings. The van der Waals surface area contributed by atoms with Crippen LogP contribution in [0.15, 0.2) is 28.6 Å². The van der Waals surface area contributed by atoms with Crippen LogP contribution in [-0.4, -0.2) is 16.9 Å². The lowest BCUT2D eigenvalue weighted by Gasteiger charge is -2.14. The lowest BCUT2D eigenvalue weighted by molar-refractivity contribution is -0.138. The lowest BCUT2D eigenvalue weighted by atomic mass is 10.1. The summed E-state index contributed by atoms with van der Waals surface area (Å²) in [6.07, 6.45) is -10.4. The largest absolute Gasteiger partial charge is 0.417 e. The maximum atomic E-state index is 13.2. The number of hydrogen-bond acceptors (Lipinski definition) is 4. The monoisotopic (exact) mass is 382 g/mol. The third-order valence-corrected chi connectivity index (χ3v) is 4.67. The van der Waals surface area contributed by atoms with Gasteiger partial charge in [0.25, 0.3) is 0 Å². The number of thiophene rings is 1. The van der Waals surface area contributed by atoms with Gasteiger partial charge in [-0.2, -0.15) is 31.6 Å². The predicted molar refractivity (Wildman–Crippen MR) is 78.7 cm³/mol. The van der Waals surface area contributed by atoms with Gasteiger partial charge in [-0.3, -0.25) is 0 Å². The smallest absolute Gasteiger partial charge is 0.239 e. The van der Waals surface area contributed by atoms with Crippen molar-refractivity contribution in [3.05, 3.63) is 34.7 Å². The number of pyridine rings is 1. The molecule has 0 unspecified atom stereocenters. The second-order valence-electron chi connectivity index (χ2n) is 4.54. The van der Waals surface area contributed by atoms with E-state index in [2.05, 4.69) is 4.98 Å². The maximum absolute atomic E-state index is 13.2. The molecule has 2 aromatic heterocycles. The molecule has 0 N–H and O–H groups in total. The Kier molecular flexibility index (Phi) is 5.45. The molecular formula is C14H8F6N2S2. The number of halogens is 6. The van der Waals surface area contributed by atoms with Crippen molar-refractivity contribution in [2.75, 3.05) is 5.75 Å². The van der Waals surface area contributed by atoms with Crippen LogP contribution in [0.4, 0.5) is 26.3 Å². The summed E-state index contributed by atoms with van der Waals surface area (Å²) in [4.78, 5) is 4.40. The topological polar surface area (TPSA) is 36.7 Å². The highest BCUT2D eigenvalue weighted by molar-refractivity contribution is 7.99. The minimum absolute atomic E-state index is 0.0224. The Labute approximate surface area is 141 Å². The van der Waals surface area contributed by atoms with E-state index in [1.54, 1.807) is 17.5 Å². The second kappa shape index (κ2) is 7.03. The van der Waals surface area contributed by atoms with Crippen LogP contribution < -0.4 is 0 Å². The van der Waals surface area contributed by atoms with Crippen LogP contribution in [0.2, 0.25) is 0 Å². The molecule has 0 aliphatic carbocycles. The molecule has 2 rings (SSSR count). The van der Waals surface area contributed by atoms with Crippen LogP contribution in [-0.2, 0) is 6.18 Å². The van der Waals surface area contributed by atoms with Crippen LogP contribution >= 0.6 is 23.1 Å². The molecule has 0 amide bonds. The number of thioether (sulfide) groups is 1. The quantitative estimate of drug-likeness (QED) is 0.499. The Morgan fingerprint density at radius 3 is 2.42 bits per heavy atom. The first kappa shape index (κ1) is 18.6. The van der Waals surface area contributed by atoms with Crippen molar-refractivity contribution in [3.63, 3.8) is 0 Å². The molecule has 0 saturated carbocycles. The van der Waals surface area contributed by atoms with Crippen molar-refractivity contribution >= 4 is 23.1 Å². The fourth-order valence-corrected chi connectivity index (χ4v) is 3.45. The highest BCUT2D eigenvalue weighted by atomic mass is 32.2. The number of alkyl halides is 6. The standard InChI is InChI=1S/C14H8F6N2S2/c15-13(16,17)3-5-24-12-8(7-21)9(14(18,19)20)6-10(22-12)11-2-1-4-23-11/h1-2,4,6H,3,5H2. The first-order valence-electron chi connectivity index (χ1n) is 6.37. The van der Waals surface area contributed by atoms with E-state index in [1.165, 1.54) is 6.07 Å². The highest BCUT2D eigenvalue weighted by Gasteiger charge is 2.36. The average molecular weight is 382 g/mol. The van der Waals surface area contributed by atoms with Gasteiger partial charge in [-0.1, -0.05) is 6.07 Å². The number of nitriles is 1. The zero-order valence-electron chi connectivity index (χ0n) is 11.7. The number of aromatic nitrogens is 1. The molecule has 0 bridgehead atoms. The minimum Gasteiger partial charge on any atom is -0.239 e. The third kappa shape index (κ3) is 4.64. The number of nitrogens with zero attached hydrogens (tertiary/aromatic N) is 2. The first-order chi connectivity index (χ1) is 11.1. The van der Waals surface area contributed by atoms with Crippen LogP contribution in [0.3, 0.4) is 0 Å². The molecule has 128 valence electrons. The Bertz CT molecular complexity index is 744. The molecule has 2 aromatic rings. The summed E-state index contributed by atoms with van der Waals surface area (Å²) in [7, 11) is 0. The normalized spacial score (nSPS) is 12.2. The summed E-state index contributed by atoms with van der Waals surface area (Å²) in [6.45, 7) is 0. The summed E-state index contributed by atoms with van der Waals surface area (Å²) in [5.41, 5.74) is -1.97. The van der Waals surface area contributed by atoms with Gasteiger partial charge < -0.3 is 0 Å². The predicted octanol–water partition coefficient (Wildman–Crippen LogP) is 5.75. The van der Waals surface area contributed by atoms with Crippen molar-refractivity contribution in [1.29, 1.82) is 5.26 Å². The molecule has 0 saturated heterocycles. The van der Waals surface area contributed by atoms with Crippen molar-refractivity contribution < 1.29 is 26.3 Å². The van der Waals surface area contributed by atoms with E-state index in [9.17, 15) is 26.3 Å². The SMILES string of the molecule is N#Cc1c(C(F)(F)F)cc(-c2cccs2)nc1SCCC(F)(F)F. The summed E-state index contributed by atoms with van der Waals surface area (Å²) in [5.74, 6) is -0.517. The van der Waals surface area contributed by atoms with E-state index in [0.717, 1.165) is 17.4 Å². The summed E-state index contributed by atoms with van der Waals surface area (Å²) in [6, 6.07) is 5.32. The van der Waals surface area contributed by atoms with E-state index in [4.69, 9.17) is 5.26 Å². The fraction of sp³-hybridized carbons (Fsp3) is 0.286. The fourth-order valence-electron chi connectivity index (χ4n) is 1.77. The molecule has 0 radical (unpaired) electrons. The molecular weight excluding hydrogens is 374 g/mol. The van der Waals surface area contributed by atoms with E-state index >= 15 is 0 Å².